The fourth-order valence-electron chi connectivity index (χ4n) is 5.55. The number of fused-ring (bicyclic) bond motifs is 1. The van der Waals surface area contributed by atoms with Crippen LogP contribution in [0.5, 0.6) is 0 Å². The van der Waals surface area contributed by atoms with Crippen LogP contribution < -0.4 is 5.73 Å². The Balaban J connectivity index is 1.11. The van der Waals surface area contributed by atoms with E-state index < -0.39 is 0 Å². The van der Waals surface area contributed by atoms with Crippen LogP contribution in [0.4, 0.5) is 9.80 Å². The van der Waals surface area contributed by atoms with Crippen LogP contribution in [0.15, 0.2) is 24.3 Å². The Morgan fingerprint density at radius 1 is 0.879 bits per heavy atom. The van der Waals surface area contributed by atoms with Crippen LogP contribution in [0, 0.1) is 0 Å². The molecule has 2 aliphatic heterocycles. The molecule has 3 fully saturated rings. The maximum Gasteiger partial charge on any atom is 0.410 e. The zero-order chi connectivity index (χ0) is 22.8. The molecular weight excluding hydrogens is 436 g/mol. The number of nitrogens with two attached hydrogens (primary N) is 1. The van der Waals surface area contributed by atoms with Crippen molar-refractivity contribution in [2.75, 3.05) is 45.0 Å². The monoisotopic (exact) mass is 470 g/mol. The number of piperidine rings is 1. The van der Waals surface area contributed by atoms with E-state index in [1.807, 2.05) is 34.1 Å². The second kappa shape index (κ2) is 9.89. The number of hydrogen-bond donors (Lipinski definition) is 1. The average Bonchev–Trinajstić information content (AvgIpc) is 3.20. The Kier molecular flexibility index (Phi) is 6.74. The van der Waals surface area contributed by atoms with E-state index in [4.69, 9.17) is 10.5 Å². The van der Waals surface area contributed by atoms with Crippen molar-refractivity contribution in [2.45, 2.75) is 57.1 Å². The maximum atomic E-state index is 13.2. The van der Waals surface area contributed by atoms with Crippen molar-refractivity contribution in [2.24, 2.45) is 0 Å². The van der Waals surface area contributed by atoms with Gasteiger partial charge in [-0.05, 0) is 44.6 Å². The molecule has 1 saturated carbocycles. The first-order chi connectivity index (χ1) is 16.1. The number of amides is 2. The number of nitrogen functional groups attached to an aromatic ring is 1. The van der Waals surface area contributed by atoms with E-state index in [2.05, 4.69) is 4.90 Å². The number of carbonyl (C=O) groups excluding carboxylic acids is 2. The van der Waals surface area contributed by atoms with Crippen LogP contribution in [0.1, 0.15) is 55.3 Å². The van der Waals surface area contributed by atoms with Crippen molar-refractivity contribution >= 4 is 38.4 Å². The molecule has 33 heavy (non-hydrogen) atoms. The molecule has 0 radical (unpaired) electrons. The molecule has 3 heterocycles. The third kappa shape index (κ3) is 4.82. The lowest BCUT2D eigenvalue weighted by Crippen LogP contribution is -2.55. The van der Waals surface area contributed by atoms with Gasteiger partial charge in [-0.1, -0.05) is 24.6 Å². The summed E-state index contributed by atoms with van der Waals surface area (Å²) < 4.78 is 6.81. The molecule has 1 aliphatic carbocycles. The van der Waals surface area contributed by atoms with Crippen LogP contribution in [-0.4, -0.2) is 78.1 Å². The number of carbonyl (C=O) groups is 2. The van der Waals surface area contributed by atoms with Gasteiger partial charge in [-0.3, -0.25) is 9.69 Å². The highest BCUT2D eigenvalue weighted by molar-refractivity contribution is 7.23. The minimum atomic E-state index is -0.128. The fraction of sp³-hybridized carbons (Fsp3) is 0.600. The molecule has 2 N–H and O–H groups in total. The summed E-state index contributed by atoms with van der Waals surface area (Å²) in [6.45, 7) is 4.67. The summed E-state index contributed by atoms with van der Waals surface area (Å²) in [5.74, 6) is 0.0462. The first-order valence-electron chi connectivity index (χ1n) is 12.4. The summed E-state index contributed by atoms with van der Waals surface area (Å²) in [4.78, 5) is 32.1. The topological polar surface area (TPSA) is 79.1 Å². The molecule has 0 spiro atoms. The van der Waals surface area contributed by atoms with Gasteiger partial charge in [0, 0.05) is 55.4 Å². The van der Waals surface area contributed by atoms with Gasteiger partial charge in [-0.15, -0.1) is 11.3 Å². The molecule has 0 atom stereocenters. The normalized spacial score (nSPS) is 21.5. The van der Waals surface area contributed by atoms with Gasteiger partial charge in [0.25, 0.3) is 5.91 Å². The Hall–Kier alpha value is -2.32. The van der Waals surface area contributed by atoms with Crippen molar-refractivity contribution in [3.8, 4) is 0 Å². The molecular formula is C25H34N4O3S. The molecule has 5 rings (SSSR count). The first-order valence-corrected chi connectivity index (χ1v) is 13.2. The number of piperazine rings is 1. The molecule has 8 heteroatoms. The zero-order valence-corrected chi connectivity index (χ0v) is 20.0. The zero-order valence-electron chi connectivity index (χ0n) is 19.2. The van der Waals surface area contributed by atoms with Gasteiger partial charge in [0.05, 0.1) is 10.6 Å². The number of hydrogen-bond acceptors (Lipinski definition) is 6. The second-order valence-electron chi connectivity index (χ2n) is 9.53. The Morgan fingerprint density at radius 2 is 1.58 bits per heavy atom. The van der Waals surface area contributed by atoms with Crippen molar-refractivity contribution in [3.05, 3.63) is 29.8 Å². The largest absolute Gasteiger partial charge is 0.446 e. The van der Waals surface area contributed by atoms with Crippen LogP contribution >= 0.6 is 11.3 Å². The van der Waals surface area contributed by atoms with E-state index in [1.165, 1.54) is 30.6 Å². The van der Waals surface area contributed by atoms with Gasteiger partial charge in [0.2, 0.25) is 0 Å². The standard InChI is InChI=1S/C25H34N4O3S/c26-23-22(20-8-4-5-9-21(20)33-23)24(30)28-16-14-27(15-17-28)18-10-12-29(13-11-18)25(31)32-19-6-2-1-3-7-19/h4-5,8-9,18-19H,1-3,6-7,10-17,26H2. The number of ether oxygens (including phenoxy) is 1. The van der Waals surface area contributed by atoms with Gasteiger partial charge in [0.15, 0.2) is 0 Å². The van der Waals surface area contributed by atoms with Crippen LogP contribution in [-0.2, 0) is 4.74 Å². The number of rotatable bonds is 3. The molecule has 1 aromatic heterocycles. The summed E-state index contributed by atoms with van der Waals surface area (Å²) >= 11 is 1.49. The van der Waals surface area contributed by atoms with E-state index in [1.54, 1.807) is 0 Å². The van der Waals surface area contributed by atoms with Crippen molar-refractivity contribution < 1.29 is 14.3 Å². The third-order valence-corrected chi connectivity index (χ3v) is 8.50. The highest BCUT2D eigenvalue weighted by atomic mass is 32.1. The molecule has 3 aliphatic rings. The average molecular weight is 471 g/mol. The molecule has 2 saturated heterocycles. The van der Waals surface area contributed by atoms with E-state index in [0.29, 0.717) is 29.7 Å². The maximum absolute atomic E-state index is 13.2. The molecule has 0 unspecified atom stereocenters. The SMILES string of the molecule is Nc1sc2ccccc2c1C(=O)N1CCN(C2CCN(C(=O)OC3CCCCC3)CC2)CC1. The van der Waals surface area contributed by atoms with E-state index in [9.17, 15) is 9.59 Å². The number of benzene rings is 1. The lowest BCUT2D eigenvalue weighted by Gasteiger charge is -2.42. The molecule has 0 bridgehead atoms. The van der Waals surface area contributed by atoms with Gasteiger partial charge < -0.3 is 20.3 Å². The summed E-state index contributed by atoms with van der Waals surface area (Å²) in [5.41, 5.74) is 6.88. The minimum Gasteiger partial charge on any atom is -0.446 e. The molecule has 2 aromatic rings. The Bertz CT molecular complexity index is 987. The molecule has 1 aromatic carbocycles. The predicted octanol–water partition coefficient (Wildman–Crippen LogP) is 4.18. The van der Waals surface area contributed by atoms with Crippen LogP contribution in [0.25, 0.3) is 10.1 Å². The number of thiophene rings is 1. The lowest BCUT2D eigenvalue weighted by atomic mass is 9.98. The number of anilines is 1. The highest BCUT2D eigenvalue weighted by Gasteiger charge is 2.32. The van der Waals surface area contributed by atoms with Crippen LogP contribution in [0.2, 0.25) is 0 Å². The highest BCUT2D eigenvalue weighted by Crippen LogP contribution is 2.34. The first kappa shape index (κ1) is 22.5. The summed E-state index contributed by atoms with van der Waals surface area (Å²) in [6, 6.07) is 8.40. The second-order valence-corrected chi connectivity index (χ2v) is 10.6. The summed E-state index contributed by atoms with van der Waals surface area (Å²) in [5, 5.41) is 1.57. The predicted molar refractivity (Wildman–Crippen MR) is 132 cm³/mol. The fourth-order valence-corrected chi connectivity index (χ4v) is 6.51. The molecule has 178 valence electrons. The molecule has 2 amide bonds. The minimum absolute atomic E-state index is 0.0462. The number of likely N-dealkylation sites (tertiary alicyclic amines) is 1. The van der Waals surface area contributed by atoms with Crippen molar-refractivity contribution in [1.82, 2.24) is 14.7 Å². The quantitative estimate of drug-likeness (QED) is 0.728. The van der Waals surface area contributed by atoms with Gasteiger partial charge in [-0.2, -0.15) is 0 Å². The van der Waals surface area contributed by atoms with E-state index >= 15 is 0 Å². The number of nitrogens with zero attached hydrogens (tertiary/aromatic N) is 3. The van der Waals surface area contributed by atoms with Gasteiger partial charge in [0.1, 0.15) is 6.10 Å². The summed E-state index contributed by atoms with van der Waals surface area (Å²) in [7, 11) is 0. The summed E-state index contributed by atoms with van der Waals surface area (Å²) in [6.07, 6.45) is 7.55. The van der Waals surface area contributed by atoms with E-state index in [-0.39, 0.29) is 18.1 Å². The van der Waals surface area contributed by atoms with Gasteiger partial charge >= 0.3 is 6.09 Å². The smallest absolute Gasteiger partial charge is 0.410 e. The molecule has 7 nitrogen and oxygen atoms in total. The van der Waals surface area contributed by atoms with Crippen molar-refractivity contribution in [1.29, 1.82) is 0 Å². The lowest BCUT2D eigenvalue weighted by molar-refractivity contribution is 0.0240. The van der Waals surface area contributed by atoms with Crippen molar-refractivity contribution in [3.63, 3.8) is 0 Å². The van der Waals surface area contributed by atoms with Gasteiger partial charge in [-0.25, -0.2) is 4.79 Å². The van der Waals surface area contributed by atoms with E-state index in [0.717, 1.165) is 61.9 Å². The third-order valence-electron chi connectivity index (χ3n) is 7.50. The Morgan fingerprint density at radius 3 is 2.30 bits per heavy atom. The van der Waals surface area contributed by atoms with Crippen LogP contribution in [0.3, 0.4) is 0 Å². The Labute approximate surface area is 199 Å².